The molecule has 0 spiro atoms. The zero-order valence-electron chi connectivity index (χ0n) is 13.4. The Kier molecular flexibility index (Phi) is 8.16. The van der Waals surface area contributed by atoms with Crippen LogP contribution in [0, 0.1) is 0 Å². The van der Waals surface area contributed by atoms with Crippen LogP contribution in [0.15, 0.2) is 67.0 Å². The monoisotopic (exact) mass is 353 g/mol. The third-order valence-corrected chi connectivity index (χ3v) is 4.72. The van der Waals surface area contributed by atoms with Crippen LogP contribution in [0.5, 0.6) is 5.75 Å². The van der Waals surface area contributed by atoms with Crippen LogP contribution in [0.3, 0.4) is 0 Å². The van der Waals surface area contributed by atoms with Gasteiger partial charge in [0.2, 0.25) is 10.0 Å². The molecule has 1 atom stereocenters. The molecule has 1 aromatic carbocycles. The van der Waals surface area contributed by atoms with Gasteiger partial charge in [0.05, 0.1) is 5.75 Å². The van der Waals surface area contributed by atoms with Gasteiger partial charge in [-0.1, -0.05) is 43.9 Å². The highest BCUT2D eigenvalue weighted by Gasteiger charge is 2.17. The molecule has 0 saturated carbocycles. The maximum atomic E-state index is 12.1. The molecule has 0 radical (unpaired) electrons. The smallest absolute Gasteiger partial charge is 0.217 e. The van der Waals surface area contributed by atoms with E-state index in [2.05, 4.69) is 19.2 Å². The lowest BCUT2D eigenvalue weighted by atomic mass is 10.3. The van der Waals surface area contributed by atoms with Crippen molar-refractivity contribution in [1.82, 2.24) is 4.31 Å². The molecule has 0 N–H and O–H groups in total. The van der Waals surface area contributed by atoms with Crippen molar-refractivity contribution in [2.24, 2.45) is 0 Å². The second-order valence-electron chi connectivity index (χ2n) is 5.03. The Balaban J connectivity index is 2.72. The standard InChI is InChI=1S/C17H23NO3S2/c1-4-9-16(21-17-10-6-5-7-11-17)12-8-13-23(19,20)18(3)14-15(2)22/h4-12,15,22H,1,13-14H2,2-3H3/b12-8-,16-9+. The van der Waals surface area contributed by atoms with Crippen LogP contribution in [0.25, 0.3) is 0 Å². The Hall–Kier alpha value is -1.50. The third-order valence-electron chi connectivity index (χ3n) is 2.85. The molecule has 126 valence electrons. The maximum absolute atomic E-state index is 12.1. The Morgan fingerprint density at radius 1 is 1.39 bits per heavy atom. The van der Waals surface area contributed by atoms with E-state index in [-0.39, 0.29) is 11.0 Å². The van der Waals surface area contributed by atoms with Gasteiger partial charge in [0.1, 0.15) is 11.5 Å². The van der Waals surface area contributed by atoms with Gasteiger partial charge in [0.15, 0.2) is 0 Å². The summed E-state index contributed by atoms with van der Waals surface area (Å²) in [5.74, 6) is 1.09. The molecule has 0 fully saturated rings. The number of para-hydroxylation sites is 1. The number of ether oxygens (including phenoxy) is 1. The second-order valence-corrected chi connectivity index (χ2v) is 8.03. The molecule has 0 aromatic heterocycles. The first-order valence-corrected chi connectivity index (χ1v) is 9.32. The zero-order valence-corrected chi connectivity index (χ0v) is 15.1. The fraction of sp³-hybridized carbons (Fsp3) is 0.294. The molecule has 0 aliphatic carbocycles. The quantitative estimate of drug-likeness (QED) is 0.421. The van der Waals surface area contributed by atoms with Crippen molar-refractivity contribution >= 4 is 22.7 Å². The van der Waals surface area contributed by atoms with E-state index in [4.69, 9.17) is 4.74 Å². The third kappa shape index (κ3) is 7.54. The summed E-state index contributed by atoms with van der Waals surface area (Å²) in [4.78, 5) is 0. The van der Waals surface area contributed by atoms with Crippen molar-refractivity contribution < 1.29 is 13.2 Å². The summed E-state index contributed by atoms with van der Waals surface area (Å²) in [6.45, 7) is 5.86. The van der Waals surface area contributed by atoms with Gasteiger partial charge in [0, 0.05) is 18.8 Å². The van der Waals surface area contributed by atoms with Crippen LogP contribution in [0.4, 0.5) is 0 Å². The van der Waals surface area contributed by atoms with Crippen molar-refractivity contribution in [2.75, 3.05) is 19.3 Å². The number of thiol groups is 1. The van der Waals surface area contributed by atoms with Crippen molar-refractivity contribution in [3.05, 3.63) is 67.0 Å². The largest absolute Gasteiger partial charge is 0.457 e. The average Bonchev–Trinajstić information content (AvgIpc) is 2.47. The van der Waals surface area contributed by atoms with Gasteiger partial charge in [0.25, 0.3) is 0 Å². The summed E-state index contributed by atoms with van der Waals surface area (Å²) in [5.41, 5.74) is 0. The minimum Gasteiger partial charge on any atom is -0.457 e. The van der Waals surface area contributed by atoms with Crippen LogP contribution in [-0.4, -0.2) is 37.3 Å². The van der Waals surface area contributed by atoms with Gasteiger partial charge >= 0.3 is 0 Å². The SMILES string of the molecule is C=C/C=C(\C=C/CS(=O)(=O)N(C)CC(C)S)Oc1ccccc1. The van der Waals surface area contributed by atoms with E-state index in [0.29, 0.717) is 18.1 Å². The van der Waals surface area contributed by atoms with Crippen LogP contribution in [0.2, 0.25) is 0 Å². The minimum atomic E-state index is -3.35. The van der Waals surface area contributed by atoms with E-state index in [9.17, 15) is 8.42 Å². The van der Waals surface area contributed by atoms with E-state index in [1.165, 1.54) is 4.31 Å². The summed E-state index contributed by atoms with van der Waals surface area (Å²) in [6, 6.07) is 9.27. The Morgan fingerprint density at radius 2 is 2.04 bits per heavy atom. The molecular weight excluding hydrogens is 330 g/mol. The summed E-state index contributed by atoms with van der Waals surface area (Å²) in [6.07, 6.45) is 6.46. The fourth-order valence-corrected chi connectivity index (χ4v) is 3.16. The number of hydrogen-bond donors (Lipinski definition) is 1. The van der Waals surface area contributed by atoms with Crippen molar-refractivity contribution in [3.8, 4) is 5.75 Å². The molecular formula is C17H23NO3S2. The topological polar surface area (TPSA) is 46.6 Å². The van der Waals surface area contributed by atoms with Gasteiger partial charge in [-0.05, 0) is 24.3 Å². The second kappa shape index (κ2) is 9.60. The molecule has 1 unspecified atom stereocenters. The number of sulfonamides is 1. The molecule has 1 rings (SSSR count). The molecule has 6 heteroatoms. The highest BCUT2D eigenvalue weighted by atomic mass is 32.2. The number of nitrogens with zero attached hydrogens (tertiary/aromatic N) is 1. The minimum absolute atomic E-state index is 0.0172. The molecule has 0 aliphatic heterocycles. The predicted octanol–water partition coefficient (Wildman–Crippen LogP) is 3.27. The van der Waals surface area contributed by atoms with E-state index < -0.39 is 10.0 Å². The van der Waals surface area contributed by atoms with Gasteiger partial charge in [-0.2, -0.15) is 12.6 Å². The van der Waals surface area contributed by atoms with Crippen LogP contribution >= 0.6 is 12.6 Å². The lowest BCUT2D eigenvalue weighted by Gasteiger charge is -2.17. The summed E-state index contributed by atoms with van der Waals surface area (Å²) >= 11 is 4.21. The van der Waals surface area contributed by atoms with Gasteiger partial charge in [-0.25, -0.2) is 12.7 Å². The van der Waals surface area contributed by atoms with Crippen LogP contribution in [-0.2, 0) is 10.0 Å². The molecule has 0 amide bonds. The van der Waals surface area contributed by atoms with E-state index in [0.717, 1.165) is 0 Å². The van der Waals surface area contributed by atoms with E-state index in [1.54, 1.807) is 31.4 Å². The number of hydrogen-bond acceptors (Lipinski definition) is 4. The van der Waals surface area contributed by atoms with Crippen molar-refractivity contribution in [2.45, 2.75) is 12.2 Å². The highest BCUT2D eigenvalue weighted by molar-refractivity contribution is 7.89. The molecule has 0 heterocycles. The summed E-state index contributed by atoms with van der Waals surface area (Å²) in [5, 5.41) is -0.0172. The van der Waals surface area contributed by atoms with Crippen LogP contribution in [0.1, 0.15) is 6.92 Å². The maximum Gasteiger partial charge on any atom is 0.217 e. The normalized spacial score (nSPS) is 14.2. The highest BCUT2D eigenvalue weighted by Crippen LogP contribution is 2.14. The first-order valence-electron chi connectivity index (χ1n) is 7.19. The first-order chi connectivity index (χ1) is 10.8. The zero-order chi connectivity index (χ0) is 17.3. The van der Waals surface area contributed by atoms with Crippen molar-refractivity contribution in [3.63, 3.8) is 0 Å². The molecule has 4 nitrogen and oxygen atoms in total. The predicted molar refractivity (Wildman–Crippen MR) is 99.4 cm³/mol. The lowest BCUT2D eigenvalue weighted by molar-refractivity contribution is 0.444. The molecule has 23 heavy (non-hydrogen) atoms. The number of benzene rings is 1. The summed E-state index contributed by atoms with van der Waals surface area (Å²) in [7, 11) is -1.80. The van der Waals surface area contributed by atoms with Gasteiger partial charge in [-0.15, -0.1) is 0 Å². The van der Waals surface area contributed by atoms with Gasteiger partial charge in [-0.3, -0.25) is 0 Å². The Bertz CT molecular complexity index is 650. The van der Waals surface area contributed by atoms with E-state index >= 15 is 0 Å². The Labute approximate surface area is 144 Å². The molecule has 0 aliphatic rings. The first kappa shape index (κ1) is 19.5. The average molecular weight is 354 g/mol. The molecule has 0 bridgehead atoms. The molecule has 0 saturated heterocycles. The van der Waals surface area contributed by atoms with Crippen molar-refractivity contribution in [1.29, 1.82) is 0 Å². The van der Waals surface area contributed by atoms with E-state index in [1.807, 2.05) is 37.3 Å². The fourth-order valence-electron chi connectivity index (χ4n) is 1.76. The molecule has 1 aromatic rings. The Morgan fingerprint density at radius 3 is 2.61 bits per heavy atom. The summed E-state index contributed by atoms with van der Waals surface area (Å²) < 4.78 is 31.2. The number of rotatable bonds is 9. The number of allylic oxidation sites excluding steroid dienone is 3. The van der Waals surface area contributed by atoms with Gasteiger partial charge < -0.3 is 4.74 Å². The lowest BCUT2D eigenvalue weighted by Crippen LogP contribution is -2.32. The van der Waals surface area contributed by atoms with Crippen LogP contribution < -0.4 is 4.74 Å².